The van der Waals surface area contributed by atoms with Crippen LogP contribution in [0.15, 0.2) is 18.2 Å². The minimum absolute atomic E-state index is 0.0309. The van der Waals surface area contributed by atoms with Crippen LogP contribution < -0.4 is 16.4 Å². The lowest BCUT2D eigenvalue weighted by Crippen LogP contribution is -2.37. The molecular formula is C14H17N3O3. The second-order valence-electron chi connectivity index (χ2n) is 5.22. The van der Waals surface area contributed by atoms with Gasteiger partial charge in [-0.1, -0.05) is 0 Å². The first kappa shape index (κ1) is 13.1. The fraction of sp³-hybridized carbons (Fsp3) is 0.429. The van der Waals surface area contributed by atoms with E-state index in [-0.39, 0.29) is 23.8 Å². The first-order chi connectivity index (χ1) is 9.63. The molecule has 6 heteroatoms. The summed E-state index contributed by atoms with van der Waals surface area (Å²) in [5.41, 5.74) is 8.41. The number of nitrogens with two attached hydrogens (primary N) is 1. The highest BCUT2D eigenvalue weighted by atomic mass is 16.5. The standard InChI is InChI=1S/C14H17N3O3/c15-11-7-20-6-10(11)14(19)16-9-2-3-12-8(5-9)1-4-13(18)17-12/h2-3,5,10-11H,1,4,6-7,15H2,(H,16,19)(H,17,18). The van der Waals surface area contributed by atoms with Crippen LogP contribution in [0, 0.1) is 5.92 Å². The molecule has 1 saturated heterocycles. The number of hydrogen-bond acceptors (Lipinski definition) is 4. The average Bonchev–Trinajstić information content (AvgIpc) is 2.85. The summed E-state index contributed by atoms with van der Waals surface area (Å²) in [4.78, 5) is 23.4. The minimum atomic E-state index is -0.300. The first-order valence-corrected chi connectivity index (χ1v) is 6.70. The van der Waals surface area contributed by atoms with Crippen LogP contribution in [0.4, 0.5) is 11.4 Å². The monoisotopic (exact) mass is 275 g/mol. The molecule has 1 aromatic rings. The average molecular weight is 275 g/mol. The van der Waals surface area contributed by atoms with Crippen molar-refractivity contribution in [2.24, 2.45) is 11.7 Å². The Hall–Kier alpha value is -1.92. The summed E-state index contributed by atoms with van der Waals surface area (Å²) >= 11 is 0. The predicted octanol–water partition coefficient (Wildman–Crippen LogP) is 0.483. The molecule has 0 aromatic heterocycles. The topological polar surface area (TPSA) is 93.4 Å². The zero-order valence-corrected chi connectivity index (χ0v) is 11.0. The van der Waals surface area contributed by atoms with Gasteiger partial charge in [0.1, 0.15) is 0 Å². The molecule has 2 unspecified atom stereocenters. The van der Waals surface area contributed by atoms with Crippen molar-refractivity contribution in [1.82, 2.24) is 0 Å². The van der Waals surface area contributed by atoms with Crippen LogP contribution >= 0.6 is 0 Å². The third-order valence-electron chi connectivity index (χ3n) is 3.73. The van der Waals surface area contributed by atoms with E-state index in [4.69, 9.17) is 10.5 Å². The summed E-state index contributed by atoms with van der Waals surface area (Å²) in [5, 5.41) is 5.67. The van der Waals surface area contributed by atoms with Crippen LogP contribution in [0.25, 0.3) is 0 Å². The molecule has 0 spiro atoms. The Morgan fingerprint density at radius 1 is 1.35 bits per heavy atom. The van der Waals surface area contributed by atoms with Gasteiger partial charge in [0, 0.05) is 23.8 Å². The molecule has 3 rings (SSSR count). The maximum absolute atomic E-state index is 12.1. The zero-order valence-electron chi connectivity index (χ0n) is 11.0. The molecule has 2 aliphatic rings. The molecule has 2 amide bonds. The summed E-state index contributed by atoms with van der Waals surface area (Å²) in [6, 6.07) is 5.25. The molecule has 0 saturated carbocycles. The second kappa shape index (κ2) is 5.22. The molecule has 6 nitrogen and oxygen atoms in total. The number of aryl methyl sites for hydroxylation is 1. The molecule has 0 radical (unpaired) electrons. The van der Waals surface area contributed by atoms with Crippen molar-refractivity contribution >= 4 is 23.2 Å². The Bertz CT molecular complexity index is 559. The fourth-order valence-corrected chi connectivity index (χ4v) is 2.54. The summed E-state index contributed by atoms with van der Waals surface area (Å²) in [6.45, 7) is 0.794. The van der Waals surface area contributed by atoms with Gasteiger partial charge in [0.05, 0.1) is 19.1 Å². The van der Waals surface area contributed by atoms with Crippen LogP contribution in [0.1, 0.15) is 12.0 Å². The van der Waals surface area contributed by atoms with Crippen LogP contribution in [0.2, 0.25) is 0 Å². The van der Waals surface area contributed by atoms with E-state index >= 15 is 0 Å². The zero-order chi connectivity index (χ0) is 14.1. The van der Waals surface area contributed by atoms with E-state index in [9.17, 15) is 9.59 Å². The van der Waals surface area contributed by atoms with Gasteiger partial charge in [0.2, 0.25) is 11.8 Å². The molecule has 0 aliphatic carbocycles. The number of fused-ring (bicyclic) bond motifs is 1. The number of benzene rings is 1. The minimum Gasteiger partial charge on any atom is -0.379 e. The van der Waals surface area contributed by atoms with Gasteiger partial charge >= 0.3 is 0 Å². The quantitative estimate of drug-likeness (QED) is 0.732. The third-order valence-corrected chi connectivity index (χ3v) is 3.73. The SMILES string of the molecule is NC1COCC1C(=O)Nc1ccc2c(c1)CCC(=O)N2. The van der Waals surface area contributed by atoms with Gasteiger partial charge in [-0.2, -0.15) is 0 Å². The largest absolute Gasteiger partial charge is 0.379 e. The summed E-state index contributed by atoms with van der Waals surface area (Å²) < 4.78 is 5.20. The smallest absolute Gasteiger partial charge is 0.231 e. The lowest BCUT2D eigenvalue weighted by Gasteiger charge is -2.19. The van der Waals surface area contributed by atoms with Gasteiger partial charge in [0.25, 0.3) is 0 Å². The summed E-state index contributed by atoms with van der Waals surface area (Å²) in [5.74, 6) is -0.385. The van der Waals surface area contributed by atoms with Crippen molar-refractivity contribution in [2.75, 3.05) is 23.8 Å². The predicted molar refractivity (Wildman–Crippen MR) is 74.3 cm³/mol. The number of ether oxygens (including phenoxy) is 1. The van der Waals surface area contributed by atoms with Crippen molar-refractivity contribution in [3.63, 3.8) is 0 Å². The van der Waals surface area contributed by atoms with Crippen molar-refractivity contribution in [3.8, 4) is 0 Å². The molecule has 0 bridgehead atoms. The lowest BCUT2D eigenvalue weighted by molar-refractivity contribution is -0.120. The van der Waals surface area contributed by atoms with Crippen molar-refractivity contribution in [3.05, 3.63) is 23.8 Å². The maximum Gasteiger partial charge on any atom is 0.231 e. The summed E-state index contributed by atoms with van der Waals surface area (Å²) in [7, 11) is 0. The Kier molecular flexibility index (Phi) is 3.42. The Labute approximate surface area is 116 Å². The van der Waals surface area contributed by atoms with Crippen LogP contribution in [-0.4, -0.2) is 31.1 Å². The van der Waals surface area contributed by atoms with Crippen LogP contribution in [0.3, 0.4) is 0 Å². The van der Waals surface area contributed by atoms with Gasteiger partial charge in [0.15, 0.2) is 0 Å². The van der Waals surface area contributed by atoms with E-state index in [1.54, 1.807) is 6.07 Å². The number of carbonyl (C=O) groups is 2. The Morgan fingerprint density at radius 3 is 2.95 bits per heavy atom. The molecular weight excluding hydrogens is 258 g/mol. The molecule has 106 valence electrons. The van der Waals surface area contributed by atoms with Crippen molar-refractivity contribution < 1.29 is 14.3 Å². The fourth-order valence-electron chi connectivity index (χ4n) is 2.54. The molecule has 4 N–H and O–H groups in total. The molecule has 1 fully saturated rings. The van der Waals surface area contributed by atoms with E-state index in [1.807, 2.05) is 12.1 Å². The van der Waals surface area contributed by atoms with E-state index < -0.39 is 0 Å². The highest BCUT2D eigenvalue weighted by Crippen LogP contribution is 2.26. The van der Waals surface area contributed by atoms with E-state index in [0.717, 1.165) is 16.9 Å². The molecule has 2 aliphatic heterocycles. The first-order valence-electron chi connectivity index (χ1n) is 6.70. The van der Waals surface area contributed by atoms with Crippen molar-refractivity contribution in [2.45, 2.75) is 18.9 Å². The second-order valence-corrected chi connectivity index (χ2v) is 5.22. The van der Waals surface area contributed by atoms with E-state index in [0.29, 0.717) is 26.1 Å². The van der Waals surface area contributed by atoms with E-state index in [2.05, 4.69) is 10.6 Å². The molecule has 20 heavy (non-hydrogen) atoms. The molecule has 2 heterocycles. The van der Waals surface area contributed by atoms with Gasteiger partial charge < -0.3 is 21.1 Å². The maximum atomic E-state index is 12.1. The van der Waals surface area contributed by atoms with Gasteiger partial charge in [-0.25, -0.2) is 0 Å². The van der Waals surface area contributed by atoms with E-state index in [1.165, 1.54) is 0 Å². The van der Waals surface area contributed by atoms with Gasteiger partial charge in [-0.3, -0.25) is 9.59 Å². The normalized spacial score (nSPS) is 24.9. The highest BCUT2D eigenvalue weighted by molar-refractivity contribution is 5.96. The van der Waals surface area contributed by atoms with Crippen molar-refractivity contribution in [1.29, 1.82) is 0 Å². The highest BCUT2D eigenvalue weighted by Gasteiger charge is 2.31. The van der Waals surface area contributed by atoms with Crippen LogP contribution in [-0.2, 0) is 20.7 Å². The number of rotatable bonds is 2. The van der Waals surface area contributed by atoms with Gasteiger partial charge in [-0.15, -0.1) is 0 Å². The Morgan fingerprint density at radius 2 is 2.20 bits per heavy atom. The molecule has 2 atom stereocenters. The number of amides is 2. The van der Waals surface area contributed by atoms with Gasteiger partial charge in [-0.05, 0) is 30.2 Å². The molecule has 1 aromatic carbocycles. The summed E-state index contributed by atoms with van der Waals surface area (Å²) in [6.07, 6.45) is 1.17. The number of carbonyl (C=O) groups excluding carboxylic acids is 2. The lowest BCUT2D eigenvalue weighted by atomic mass is 10.0. The third kappa shape index (κ3) is 2.52. The van der Waals surface area contributed by atoms with Crippen LogP contribution in [0.5, 0.6) is 0 Å². The number of nitrogens with one attached hydrogen (secondary N) is 2. The Balaban J connectivity index is 1.72. The number of anilines is 2. The number of hydrogen-bond donors (Lipinski definition) is 3.